The topological polar surface area (TPSA) is 70.2 Å². The summed E-state index contributed by atoms with van der Waals surface area (Å²) in [4.78, 5) is 22.0. The molecule has 6 nitrogen and oxygen atoms in total. The van der Waals surface area contributed by atoms with E-state index in [0.29, 0.717) is 12.1 Å². The van der Waals surface area contributed by atoms with E-state index in [2.05, 4.69) is 20.2 Å². The third kappa shape index (κ3) is 3.64. The Kier molecular flexibility index (Phi) is 4.70. The van der Waals surface area contributed by atoms with Gasteiger partial charge in [0, 0.05) is 25.2 Å². The molecule has 1 saturated heterocycles. The van der Waals surface area contributed by atoms with Gasteiger partial charge < -0.3 is 15.0 Å². The molecule has 0 bridgehead atoms. The number of hydrogen-bond donors (Lipinski definition) is 2. The standard InChI is InChI=1S/C16H22N4O2/c1-12-18-14-4-3-13(11-15(14)19-12)16(21)17-5-2-6-20-7-9-22-10-8-20/h3-4,11H,2,5-10H2,1H3,(H,17,21)(H,18,19). The Balaban J connectivity index is 1.48. The zero-order chi connectivity index (χ0) is 15.4. The van der Waals surface area contributed by atoms with Gasteiger partial charge in [-0.1, -0.05) is 0 Å². The van der Waals surface area contributed by atoms with Crippen LogP contribution >= 0.6 is 0 Å². The number of ether oxygens (including phenoxy) is 1. The van der Waals surface area contributed by atoms with Crippen LogP contribution in [-0.4, -0.2) is 60.2 Å². The molecule has 2 aromatic rings. The van der Waals surface area contributed by atoms with Crippen LogP contribution < -0.4 is 5.32 Å². The first-order valence-corrected chi connectivity index (χ1v) is 7.77. The summed E-state index contributed by atoms with van der Waals surface area (Å²) >= 11 is 0. The van der Waals surface area contributed by atoms with Crippen LogP contribution in [0.3, 0.4) is 0 Å². The third-order valence-corrected chi connectivity index (χ3v) is 3.90. The number of carbonyl (C=O) groups is 1. The minimum atomic E-state index is -0.0314. The van der Waals surface area contributed by atoms with E-state index >= 15 is 0 Å². The van der Waals surface area contributed by atoms with Crippen LogP contribution in [-0.2, 0) is 4.74 Å². The maximum atomic E-state index is 12.2. The van der Waals surface area contributed by atoms with Crippen LogP contribution in [0.1, 0.15) is 22.6 Å². The van der Waals surface area contributed by atoms with Crippen LogP contribution in [0.4, 0.5) is 0 Å². The van der Waals surface area contributed by atoms with Crippen molar-refractivity contribution in [3.8, 4) is 0 Å². The number of nitrogens with zero attached hydrogens (tertiary/aromatic N) is 2. The number of aryl methyl sites for hydroxylation is 1. The molecule has 1 aliphatic rings. The molecule has 2 N–H and O–H groups in total. The number of benzene rings is 1. The highest BCUT2D eigenvalue weighted by molar-refractivity contribution is 5.97. The number of nitrogens with one attached hydrogen (secondary N) is 2. The van der Waals surface area contributed by atoms with Gasteiger partial charge in [-0.2, -0.15) is 0 Å². The molecule has 3 rings (SSSR count). The van der Waals surface area contributed by atoms with Crippen molar-refractivity contribution in [3.63, 3.8) is 0 Å². The summed E-state index contributed by atoms with van der Waals surface area (Å²) in [5, 5.41) is 2.98. The van der Waals surface area contributed by atoms with Gasteiger partial charge in [0.05, 0.1) is 24.2 Å². The summed E-state index contributed by atoms with van der Waals surface area (Å²) in [5.74, 6) is 0.828. The number of aromatic nitrogens is 2. The molecule has 1 aromatic carbocycles. The first kappa shape index (κ1) is 15.0. The fourth-order valence-electron chi connectivity index (χ4n) is 2.71. The molecule has 0 spiro atoms. The van der Waals surface area contributed by atoms with Crippen molar-refractivity contribution in [1.29, 1.82) is 0 Å². The number of imidazole rings is 1. The summed E-state index contributed by atoms with van der Waals surface area (Å²) in [6, 6.07) is 5.55. The molecule has 1 amide bonds. The highest BCUT2D eigenvalue weighted by atomic mass is 16.5. The van der Waals surface area contributed by atoms with E-state index in [1.165, 1.54) is 0 Å². The second-order valence-electron chi connectivity index (χ2n) is 5.62. The number of amides is 1. The predicted molar refractivity (Wildman–Crippen MR) is 85.0 cm³/mol. The van der Waals surface area contributed by atoms with E-state index in [1.54, 1.807) is 0 Å². The van der Waals surface area contributed by atoms with Crippen molar-refractivity contribution in [2.45, 2.75) is 13.3 Å². The lowest BCUT2D eigenvalue weighted by atomic mass is 10.2. The molecule has 0 atom stereocenters. The van der Waals surface area contributed by atoms with Gasteiger partial charge in [-0.15, -0.1) is 0 Å². The van der Waals surface area contributed by atoms with Gasteiger partial charge >= 0.3 is 0 Å². The van der Waals surface area contributed by atoms with E-state index in [-0.39, 0.29) is 5.91 Å². The normalized spacial score (nSPS) is 16.0. The van der Waals surface area contributed by atoms with E-state index < -0.39 is 0 Å². The van der Waals surface area contributed by atoms with Crippen molar-refractivity contribution in [3.05, 3.63) is 29.6 Å². The lowest BCUT2D eigenvalue weighted by molar-refractivity contribution is 0.0374. The molecule has 1 aliphatic heterocycles. The number of aromatic amines is 1. The molecule has 1 aromatic heterocycles. The fourth-order valence-corrected chi connectivity index (χ4v) is 2.71. The van der Waals surface area contributed by atoms with Crippen molar-refractivity contribution < 1.29 is 9.53 Å². The SMILES string of the molecule is Cc1nc2ccc(C(=O)NCCCN3CCOCC3)cc2[nH]1. The fraction of sp³-hybridized carbons (Fsp3) is 0.500. The number of rotatable bonds is 5. The highest BCUT2D eigenvalue weighted by Crippen LogP contribution is 2.13. The molecule has 118 valence electrons. The molecule has 2 heterocycles. The summed E-state index contributed by atoms with van der Waals surface area (Å²) in [6.45, 7) is 7.21. The third-order valence-electron chi connectivity index (χ3n) is 3.90. The zero-order valence-corrected chi connectivity index (χ0v) is 12.9. The molecule has 1 fully saturated rings. The van der Waals surface area contributed by atoms with Crippen molar-refractivity contribution >= 4 is 16.9 Å². The Bertz CT molecular complexity index is 647. The van der Waals surface area contributed by atoms with E-state index in [9.17, 15) is 4.79 Å². The van der Waals surface area contributed by atoms with Crippen LogP contribution in [0.2, 0.25) is 0 Å². The van der Waals surface area contributed by atoms with Gasteiger partial charge in [0.15, 0.2) is 0 Å². The van der Waals surface area contributed by atoms with E-state index in [4.69, 9.17) is 4.74 Å². The van der Waals surface area contributed by atoms with Gasteiger partial charge in [-0.05, 0) is 38.1 Å². The number of hydrogen-bond acceptors (Lipinski definition) is 4. The number of fused-ring (bicyclic) bond motifs is 1. The molecule has 0 radical (unpaired) electrons. The lowest BCUT2D eigenvalue weighted by Crippen LogP contribution is -2.38. The summed E-state index contributed by atoms with van der Waals surface area (Å²) < 4.78 is 5.32. The number of H-pyrrole nitrogens is 1. The highest BCUT2D eigenvalue weighted by Gasteiger charge is 2.10. The molecule has 0 unspecified atom stereocenters. The number of carbonyl (C=O) groups excluding carboxylic acids is 1. The van der Waals surface area contributed by atoms with Gasteiger partial charge in [0.1, 0.15) is 5.82 Å². The zero-order valence-electron chi connectivity index (χ0n) is 12.9. The lowest BCUT2D eigenvalue weighted by Gasteiger charge is -2.26. The molecule has 0 saturated carbocycles. The van der Waals surface area contributed by atoms with Crippen molar-refractivity contribution in [2.75, 3.05) is 39.4 Å². The molecular formula is C16H22N4O2. The quantitative estimate of drug-likeness (QED) is 0.817. The van der Waals surface area contributed by atoms with Crippen LogP contribution in [0.5, 0.6) is 0 Å². The molecular weight excluding hydrogens is 280 g/mol. The van der Waals surface area contributed by atoms with Gasteiger partial charge in [0.25, 0.3) is 5.91 Å². The number of morpholine rings is 1. The van der Waals surface area contributed by atoms with E-state index in [0.717, 1.165) is 56.1 Å². The van der Waals surface area contributed by atoms with Crippen molar-refractivity contribution in [2.24, 2.45) is 0 Å². The minimum absolute atomic E-state index is 0.0314. The summed E-state index contributed by atoms with van der Waals surface area (Å²) in [5.41, 5.74) is 2.46. The smallest absolute Gasteiger partial charge is 0.251 e. The molecule has 22 heavy (non-hydrogen) atoms. The first-order chi connectivity index (χ1) is 10.7. The Morgan fingerprint density at radius 3 is 3.05 bits per heavy atom. The largest absolute Gasteiger partial charge is 0.379 e. The van der Waals surface area contributed by atoms with E-state index in [1.807, 2.05) is 25.1 Å². The Labute approximate surface area is 129 Å². The van der Waals surface area contributed by atoms with Crippen LogP contribution in [0.15, 0.2) is 18.2 Å². The molecule has 0 aliphatic carbocycles. The van der Waals surface area contributed by atoms with Crippen LogP contribution in [0.25, 0.3) is 11.0 Å². The maximum Gasteiger partial charge on any atom is 0.251 e. The van der Waals surface area contributed by atoms with Gasteiger partial charge in [0.2, 0.25) is 0 Å². The average molecular weight is 302 g/mol. The first-order valence-electron chi connectivity index (χ1n) is 7.77. The Hall–Kier alpha value is -1.92. The average Bonchev–Trinajstić information content (AvgIpc) is 2.91. The second kappa shape index (κ2) is 6.89. The maximum absolute atomic E-state index is 12.2. The Morgan fingerprint density at radius 1 is 1.41 bits per heavy atom. The monoisotopic (exact) mass is 302 g/mol. The van der Waals surface area contributed by atoms with Gasteiger partial charge in [-0.25, -0.2) is 4.98 Å². The predicted octanol–water partition coefficient (Wildman–Crippen LogP) is 1.32. The molecule has 6 heteroatoms. The van der Waals surface area contributed by atoms with Crippen LogP contribution in [0, 0.1) is 6.92 Å². The Morgan fingerprint density at radius 2 is 2.23 bits per heavy atom. The summed E-state index contributed by atoms with van der Waals surface area (Å²) in [6.07, 6.45) is 0.956. The van der Waals surface area contributed by atoms with Crippen molar-refractivity contribution in [1.82, 2.24) is 20.2 Å². The summed E-state index contributed by atoms with van der Waals surface area (Å²) in [7, 11) is 0. The second-order valence-corrected chi connectivity index (χ2v) is 5.62. The minimum Gasteiger partial charge on any atom is -0.379 e. The van der Waals surface area contributed by atoms with Gasteiger partial charge in [-0.3, -0.25) is 9.69 Å².